The molecule has 1 aliphatic heterocycles. The van der Waals surface area contributed by atoms with E-state index < -0.39 is 0 Å². The molecule has 2 fully saturated rings. The summed E-state index contributed by atoms with van der Waals surface area (Å²) in [4.78, 5) is 30.3. The molecule has 1 N–H and O–H groups in total. The predicted octanol–water partition coefficient (Wildman–Crippen LogP) is 3.64. The highest BCUT2D eigenvalue weighted by atomic mass is 16.2. The van der Waals surface area contributed by atoms with Crippen molar-refractivity contribution in [3.63, 3.8) is 0 Å². The minimum atomic E-state index is -0.0808. The highest BCUT2D eigenvalue weighted by Crippen LogP contribution is 2.31. The summed E-state index contributed by atoms with van der Waals surface area (Å²) in [5, 5.41) is 3.18. The van der Waals surface area contributed by atoms with Crippen molar-refractivity contribution in [1.29, 1.82) is 0 Å². The molecule has 0 spiro atoms. The third-order valence-electron chi connectivity index (χ3n) is 6.96. The van der Waals surface area contributed by atoms with Crippen molar-refractivity contribution in [2.45, 2.75) is 51.1 Å². The van der Waals surface area contributed by atoms with E-state index in [2.05, 4.69) is 22.3 Å². The van der Waals surface area contributed by atoms with Gasteiger partial charge in [0.25, 0.3) is 0 Å². The molecule has 32 heavy (non-hydrogen) atoms. The van der Waals surface area contributed by atoms with Gasteiger partial charge in [-0.1, -0.05) is 73.5 Å². The van der Waals surface area contributed by atoms with E-state index in [1.54, 1.807) is 0 Å². The lowest BCUT2D eigenvalue weighted by atomic mass is 9.94. The van der Waals surface area contributed by atoms with E-state index in [0.29, 0.717) is 32.0 Å². The number of piperazine rings is 1. The number of nitrogens with zero attached hydrogens (tertiary/aromatic N) is 2. The number of rotatable bonds is 8. The van der Waals surface area contributed by atoms with Crippen LogP contribution in [-0.4, -0.2) is 53.8 Å². The molecule has 1 heterocycles. The van der Waals surface area contributed by atoms with E-state index in [-0.39, 0.29) is 17.9 Å². The lowest BCUT2D eigenvalue weighted by Gasteiger charge is -2.40. The minimum Gasteiger partial charge on any atom is -0.351 e. The van der Waals surface area contributed by atoms with Crippen LogP contribution < -0.4 is 5.32 Å². The Hall–Kier alpha value is -2.66. The van der Waals surface area contributed by atoms with Gasteiger partial charge in [-0.05, 0) is 36.3 Å². The second kappa shape index (κ2) is 11.3. The topological polar surface area (TPSA) is 52.7 Å². The number of aryl methyl sites for hydroxylation is 1. The van der Waals surface area contributed by atoms with Gasteiger partial charge < -0.3 is 10.2 Å². The highest BCUT2D eigenvalue weighted by Gasteiger charge is 2.37. The molecule has 1 saturated heterocycles. The first-order valence-electron chi connectivity index (χ1n) is 12.1. The zero-order chi connectivity index (χ0) is 22.2. The molecular weight excluding hydrogens is 398 g/mol. The monoisotopic (exact) mass is 433 g/mol. The SMILES string of the molecule is O=C(NCc1ccccc1)[C@H](C1CCCC1)N1CCN(C(=O)CCc2ccccc2)CC1. The molecule has 2 aliphatic rings. The third-order valence-corrected chi connectivity index (χ3v) is 6.96. The average Bonchev–Trinajstić information content (AvgIpc) is 3.37. The van der Waals surface area contributed by atoms with E-state index in [0.717, 1.165) is 37.9 Å². The summed E-state index contributed by atoms with van der Waals surface area (Å²) in [5.41, 5.74) is 2.33. The van der Waals surface area contributed by atoms with Gasteiger partial charge in [-0.25, -0.2) is 0 Å². The summed E-state index contributed by atoms with van der Waals surface area (Å²) >= 11 is 0. The van der Waals surface area contributed by atoms with Gasteiger partial charge in [-0.2, -0.15) is 0 Å². The van der Waals surface area contributed by atoms with Crippen molar-refractivity contribution in [1.82, 2.24) is 15.1 Å². The van der Waals surface area contributed by atoms with E-state index in [1.807, 2.05) is 53.4 Å². The van der Waals surface area contributed by atoms with Crippen molar-refractivity contribution in [3.8, 4) is 0 Å². The van der Waals surface area contributed by atoms with Crippen LogP contribution in [0.25, 0.3) is 0 Å². The van der Waals surface area contributed by atoms with E-state index in [9.17, 15) is 9.59 Å². The summed E-state index contributed by atoms with van der Waals surface area (Å²) in [5.74, 6) is 0.787. The maximum absolute atomic E-state index is 13.2. The molecule has 1 aliphatic carbocycles. The maximum Gasteiger partial charge on any atom is 0.237 e. The normalized spacial score (nSPS) is 18.4. The Balaban J connectivity index is 1.30. The number of amides is 2. The molecule has 0 unspecified atom stereocenters. The van der Waals surface area contributed by atoms with Crippen LogP contribution in [0.4, 0.5) is 0 Å². The number of hydrogen-bond acceptors (Lipinski definition) is 3. The van der Waals surface area contributed by atoms with E-state index in [1.165, 1.54) is 18.4 Å². The van der Waals surface area contributed by atoms with Crippen LogP contribution in [0.2, 0.25) is 0 Å². The van der Waals surface area contributed by atoms with Gasteiger partial charge in [-0.3, -0.25) is 14.5 Å². The Bertz CT molecular complexity index is 857. The Kier molecular flexibility index (Phi) is 7.94. The second-order valence-corrected chi connectivity index (χ2v) is 9.10. The van der Waals surface area contributed by atoms with Crippen LogP contribution in [0.15, 0.2) is 60.7 Å². The number of carbonyl (C=O) groups is 2. The van der Waals surface area contributed by atoms with Gasteiger partial charge in [0.1, 0.15) is 0 Å². The fraction of sp³-hybridized carbons (Fsp3) is 0.481. The standard InChI is InChI=1S/C27H35N3O2/c31-25(16-15-22-9-3-1-4-10-22)29-17-19-30(20-18-29)26(24-13-7-8-14-24)27(32)28-21-23-11-5-2-6-12-23/h1-6,9-12,24,26H,7-8,13-21H2,(H,28,32)/t26-/m0/s1. The first kappa shape index (κ1) is 22.5. The van der Waals surface area contributed by atoms with Gasteiger partial charge in [0.2, 0.25) is 11.8 Å². The van der Waals surface area contributed by atoms with Gasteiger partial charge >= 0.3 is 0 Å². The molecule has 170 valence electrons. The molecule has 0 aromatic heterocycles. The predicted molar refractivity (Wildman–Crippen MR) is 127 cm³/mol. The lowest BCUT2D eigenvalue weighted by molar-refractivity contribution is -0.135. The van der Waals surface area contributed by atoms with Crippen LogP contribution in [0.5, 0.6) is 0 Å². The summed E-state index contributed by atoms with van der Waals surface area (Å²) in [7, 11) is 0. The number of carbonyl (C=O) groups excluding carboxylic acids is 2. The van der Waals surface area contributed by atoms with Crippen LogP contribution in [0.3, 0.4) is 0 Å². The second-order valence-electron chi connectivity index (χ2n) is 9.10. The largest absolute Gasteiger partial charge is 0.351 e. The van der Waals surface area contributed by atoms with Crippen molar-refractivity contribution in [2.24, 2.45) is 5.92 Å². The number of benzene rings is 2. The summed E-state index contributed by atoms with van der Waals surface area (Å²) in [6.07, 6.45) is 6.01. The molecular formula is C27H35N3O2. The summed E-state index contributed by atoms with van der Waals surface area (Å²) < 4.78 is 0. The molecule has 2 aromatic carbocycles. The molecule has 1 atom stereocenters. The van der Waals surface area contributed by atoms with E-state index in [4.69, 9.17) is 0 Å². The average molecular weight is 434 g/mol. The fourth-order valence-corrected chi connectivity index (χ4v) is 5.14. The summed E-state index contributed by atoms with van der Waals surface area (Å²) in [6, 6.07) is 20.2. The quantitative estimate of drug-likeness (QED) is 0.692. The Labute approximate surface area is 191 Å². The molecule has 0 bridgehead atoms. The first-order valence-corrected chi connectivity index (χ1v) is 12.1. The van der Waals surface area contributed by atoms with Crippen LogP contribution in [0.1, 0.15) is 43.2 Å². The Morgan fingerprint density at radius 1 is 0.844 bits per heavy atom. The van der Waals surface area contributed by atoms with Crippen LogP contribution >= 0.6 is 0 Å². The van der Waals surface area contributed by atoms with Gasteiger partial charge in [-0.15, -0.1) is 0 Å². The summed E-state index contributed by atoms with van der Waals surface area (Å²) in [6.45, 7) is 3.54. The fourth-order valence-electron chi connectivity index (χ4n) is 5.14. The van der Waals surface area contributed by atoms with Crippen molar-refractivity contribution < 1.29 is 9.59 Å². The Morgan fingerprint density at radius 3 is 2.06 bits per heavy atom. The third kappa shape index (κ3) is 5.98. The van der Waals surface area contributed by atoms with Crippen LogP contribution in [-0.2, 0) is 22.6 Å². The molecule has 5 nitrogen and oxygen atoms in total. The molecule has 5 heteroatoms. The van der Waals surface area contributed by atoms with Gasteiger partial charge in [0.15, 0.2) is 0 Å². The molecule has 4 rings (SSSR count). The van der Waals surface area contributed by atoms with Gasteiger partial charge in [0.05, 0.1) is 6.04 Å². The molecule has 2 amide bonds. The smallest absolute Gasteiger partial charge is 0.237 e. The van der Waals surface area contributed by atoms with Gasteiger partial charge in [0, 0.05) is 39.1 Å². The Morgan fingerprint density at radius 2 is 1.44 bits per heavy atom. The molecule has 2 aromatic rings. The van der Waals surface area contributed by atoms with Crippen molar-refractivity contribution in [2.75, 3.05) is 26.2 Å². The number of nitrogens with one attached hydrogen (secondary N) is 1. The molecule has 0 radical (unpaired) electrons. The first-order chi connectivity index (χ1) is 15.7. The maximum atomic E-state index is 13.2. The van der Waals surface area contributed by atoms with Crippen molar-refractivity contribution in [3.05, 3.63) is 71.8 Å². The number of hydrogen-bond donors (Lipinski definition) is 1. The lowest BCUT2D eigenvalue weighted by Crippen LogP contribution is -2.57. The zero-order valence-electron chi connectivity index (χ0n) is 18.9. The van der Waals surface area contributed by atoms with E-state index >= 15 is 0 Å². The molecule has 1 saturated carbocycles. The van der Waals surface area contributed by atoms with Crippen molar-refractivity contribution >= 4 is 11.8 Å². The van der Waals surface area contributed by atoms with Crippen LogP contribution in [0, 0.1) is 5.92 Å². The zero-order valence-corrected chi connectivity index (χ0v) is 18.9. The highest BCUT2D eigenvalue weighted by molar-refractivity contribution is 5.82. The minimum absolute atomic E-state index is 0.0808.